The van der Waals surface area contributed by atoms with Crippen molar-refractivity contribution in [2.75, 3.05) is 20.2 Å². The number of piperidine rings is 1. The average molecular weight is 521 g/mol. The third-order valence-electron chi connectivity index (χ3n) is 7.35. The van der Waals surface area contributed by atoms with Gasteiger partial charge in [0.15, 0.2) is 0 Å². The van der Waals surface area contributed by atoms with E-state index in [1.165, 1.54) is 37.1 Å². The lowest BCUT2D eigenvalue weighted by molar-refractivity contribution is -0.140. The summed E-state index contributed by atoms with van der Waals surface area (Å²) in [4.78, 5) is 35.5. The third kappa shape index (κ3) is 4.84. The number of hydrogen-bond donors (Lipinski definition) is 0. The Morgan fingerprint density at radius 3 is 2.49 bits per heavy atom. The molecule has 1 aliphatic rings. The number of hydrogen-bond acceptors (Lipinski definition) is 5. The number of likely N-dealkylation sites (tertiary alicyclic amines) is 1. The van der Waals surface area contributed by atoms with Crippen molar-refractivity contribution in [1.82, 2.24) is 19.4 Å². The van der Waals surface area contributed by atoms with Gasteiger partial charge >= 0.3 is 6.18 Å². The van der Waals surface area contributed by atoms with Crippen LogP contribution in [-0.2, 0) is 34.8 Å². The largest absolute Gasteiger partial charge is 0.419 e. The predicted molar refractivity (Wildman–Crippen MR) is 128 cm³/mol. The van der Waals surface area contributed by atoms with Gasteiger partial charge in [-0.1, -0.05) is 19.1 Å². The van der Waals surface area contributed by atoms with E-state index in [9.17, 15) is 27.2 Å². The number of alkyl halides is 3. The quantitative estimate of drug-likeness (QED) is 0.469. The molecule has 1 amide bonds. The lowest BCUT2D eigenvalue weighted by atomic mass is 9.84. The molecule has 3 aromatic rings. The number of carbonyl (C=O) groups excluding carboxylic acids is 1. The molecule has 0 N–H and O–H groups in total. The highest BCUT2D eigenvalue weighted by molar-refractivity contribution is 5.78. The third-order valence-corrected chi connectivity index (χ3v) is 7.35. The Morgan fingerprint density at radius 2 is 1.89 bits per heavy atom. The van der Waals surface area contributed by atoms with Crippen molar-refractivity contribution in [2.45, 2.75) is 50.8 Å². The molecule has 11 heteroatoms. The number of amides is 1. The fourth-order valence-corrected chi connectivity index (χ4v) is 5.12. The molecule has 1 atom stereocenters. The molecule has 0 bridgehead atoms. The molecular weight excluding hydrogens is 492 g/mol. The predicted octanol–water partition coefficient (Wildman–Crippen LogP) is 4.32. The lowest BCUT2D eigenvalue weighted by Gasteiger charge is -2.40. The Labute approximate surface area is 211 Å². The molecule has 1 fully saturated rings. The second-order valence-corrected chi connectivity index (χ2v) is 9.50. The number of rotatable bonds is 5. The fraction of sp³-hybridized carbons (Fsp3) is 0.462. The second kappa shape index (κ2) is 9.85. The zero-order valence-electron chi connectivity index (χ0n) is 21.0. The number of aromatic nitrogens is 3. The molecule has 7 nitrogen and oxygen atoms in total. The molecule has 0 aliphatic carbocycles. The van der Waals surface area contributed by atoms with Crippen LogP contribution in [0.5, 0.6) is 0 Å². The van der Waals surface area contributed by atoms with Crippen molar-refractivity contribution in [2.24, 2.45) is 7.05 Å². The highest BCUT2D eigenvalue weighted by Crippen LogP contribution is 2.37. The van der Waals surface area contributed by atoms with Gasteiger partial charge in [0.2, 0.25) is 5.91 Å². The molecule has 3 heterocycles. The average Bonchev–Trinajstić information content (AvgIpc) is 2.85. The number of carbonyl (C=O) groups is 1. The molecule has 0 unspecified atom stereocenters. The topological polar surface area (TPSA) is 77.3 Å². The molecular formula is C26H28F4N4O3. The summed E-state index contributed by atoms with van der Waals surface area (Å²) in [5.74, 6) is -2.00. The Balaban J connectivity index is 1.77. The van der Waals surface area contributed by atoms with Gasteiger partial charge in [0, 0.05) is 39.6 Å². The molecule has 198 valence electrons. The molecule has 1 aliphatic heterocycles. The van der Waals surface area contributed by atoms with Gasteiger partial charge in [-0.2, -0.15) is 13.2 Å². The zero-order chi connectivity index (χ0) is 27.1. The van der Waals surface area contributed by atoms with Crippen LogP contribution in [0, 0.1) is 5.82 Å². The molecule has 0 spiro atoms. The van der Waals surface area contributed by atoms with Crippen molar-refractivity contribution in [3.63, 3.8) is 0 Å². The van der Waals surface area contributed by atoms with Crippen LogP contribution in [0.25, 0.3) is 11.0 Å². The van der Waals surface area contributed by atoms with E-state index < -0.39 is 29.1 Å². The Hall–Kier alpha value is -3.34. The van der Waals surface area contributed by atoms with Gasteiger partial charge < -0.3 is 9.64 Å². The molecule has 1 saturated heterocycles. The van der Waals surface area contributed by atoms with Crippen LogP contribution in [0.2, 0.25) is 0 Å². The first-order chi connectivity index (χ1) is 17.4. The molecule has 1 aromatic carbocycles. The van der Waals surface area contributed by atoms with Gasteiger partial charge in [-0.15, -0.1) is 0 Å². The van der Waals surface area contributed by atoms with Gasteiger partial charge in [-0.25, -0.2) is 14.4 Å². The van der Waals surface area contributed by atoms with Crippen molar-refractivity contribution in [3.05, 3.63) is 69.1 Å². The molecule has 0 saturated carbocycles. The van der Waals surface area contributed by atoms with Crippen molar-refractivity contribution < 1.29 is 27.1 Å². The maximum Gasteiger partial charge on any atom is 0.419 e. The van der Waals surface area contributed by atoms with Crippen LogP contribution in [0.3, 0.4) is 0 Å². The van der Waals surface area contributed by atoms with E-state index in [4.69, 9.17) is 4.74 Å². The van der Waals surface area contributed by atoms with Crippen LogP contribution in [-0.4, -0.2) is 45.5 Å². The number of benzene rings is 1. The maximum absolute atomic E-state index is 14.8. The second-order valence-electron chi connectivity index (χ2n) is 9.50. The van der Waals surface area contributed by atoms with Crippen LogP contribution in [0.1, 0.15) is 55.0 Å². The molecule has 37 heavy (non-hydrogen) atoms. The van der Waals surface area contributed by atoms with Crippen LogP contribution >= 0.6 is 0 Å². The van der Waals surface area contributed by atoms with E-state index in [-0.39, 0.29) is 23.5 Å². The number of fused-ring (bicyclic) bond motifs is 1. The first-order valence-electron chi connectivity index (χ1n) is 11.9. The lowest BCUT2D eigenvalue weighted by Crippen LogP contribution is -2.48. The maximum atomic E-state index is 14.8. The summed E-state index contributed by atoms with van der Waals surface area (Å²) in [6.45, 7) is 3.97. The SMILES string of the molecule is COC1(c2cc3c(C[C@H](C)c4cccc(C(F)(F)F)c4F)ncnc3n(C)c2=O)CCN(C(C)=O)CC1. The van der Waals surface area contributed by atoms with Gasteiger partial charge in [0.1, 0.15) is 23.4 Å². The highest BCUT2D eigenvalue weighted by Gasteiger charge is 2.40. The number of ether oxygens (including phenoxy) is 1. The number of methoxy groups -OCH3 is 1. The monoisotopic (exact) mass is 520 g/mol. The highest BCUT2D eigenvalue weighted by atomic mass is 19.4. The van der Waals surface area contributed by atoms with E-state index in [1.54, 1.807) is 24.9 Å². The summed E-state index contributed by atoms with van der Waals surface area (Å²) in [6.07, 6.45) is -2.57. The minimum atomic E-state index is -4.80. The normalized spacial score (nSPS) is 16.7. The van der Waals surface area contributed by atoms with Crippen LogP contribution in [0.4, 0.5) is 17.6 Å². The molecule has 4 rings (SSSR count). The Bertz CT molecular complexity index is 1400. The summed E-state index contributed by atoms with van der Waals surface area (Å²) in [5, 5.41) is 0.532. The summed E-state index contributed by atoms with van der Waals surface area (Å²) < 4.78 is 61.8. The fourth-order valence-electron chi connectivity index (χ4n) is 5.12. The van der Waals surface area contributed by atoms with Gasteiger partial charge in [-0.3, -0.25) is 14.2 Å². The van der Waals surface area contributed by atoms with Crippen LogP contribution < -0.4 is 5.56 Å². The van der Waals surface area contributed by atoms with Crippen molar-refractivity contribution in [1.29, 1.82) is 0 Å². The molecule has 2 aromatic heterocycles. The summed E-state index contributed by atoms with van der Waals surface area (Å²) in [6, 6.07) is 4.92. The van der Waals surface area contributed by atoms with Crippen LogP contribution in [0.15, 0.2) is 35.4 Å². The van der Waals surface area contributed by atoms with Gasteiger partial charge in [0.25, 0.3) is 5.56 Å². The van der Waals surface area contributed by atoms with E-state index in [0.717, 1.165) is 6.07 Å². The van der Waals surface area contributed by atoms with E-state index in [0.29, 0.717) is 48.2 Å². The van der Waals surface area contributed by atoms with E-state index in [1.807, 2.05) is 0 Å². The Kier molecular flexibility index (Phi) is 7.11. The molecule has 0 radical (unpaired) electrons. The first-order valence-corrected chi connectivity index (χ1v) is 11.9. The first kappa shape index (κ1) is 26.7. The Morgan fingerprint density at radius 1 is 1.22 bits per heavy atom. The summed E-state index contributed by atoms with van der Waals surface area (Å²) >= 11 is 0. The number of nitrogens with zero attached hydrogens (tertiary/aromatic N) is 4. The van der Waals surface area contributed by atoms with Gasteiger partial charge in [-0.05, 0) is 42.9 Å². The summed E-state index contributed by atoms with van der Waals surface area (Å²) in [7, 11) is 3.10. The van der Waals surface area contributed by atoms with E-state index >= 15 is 0 Å². The summed E-state index contributed by atoms with van der Waals surface area (Å²) in [5.41, 5.74) is -1.40. The zero-order valence-corrected chi connectivity index (χ0v) is 21.0. The number of pyridine rings is 1. The number of aryl methyl sites for hydroxylation is 1. The van der Waals surface area contributed by atoms with Crippen molar-refractivity contribution >= 4 is 16.9 Å². The van der Waals surface area contributed by atoms with Crippen molar-refractivity contribution in [3.8, 4) is 0 Å². The minimum absolute atomic E-state index is 0.0531. The standard InChI is InChI=1S/C26H28F4N4O3/c1-15(17-6-5-7-19(22(17)27)26(28,29)30)12-21-18-13-20(24(36)33(3)23(18)32-14-31-21)25(37-4)8-10-34(11-9-25)16(2)35/h5-7,13-15H,8-12H2,1-4H3/t15-/m0/s1. The number of halogens is 4. The minimum Gasteiger partial charge on any atom is -0.373 e. The smallest absolute Gasteiger partial charge is 0.373 e. The van der Waals surface area contributed by atoms with E-state index in [2.05, 4.69) is 9.97 Å². The van der Waals surface area contributed by atoms with Gasteiger partial charge in [0.05, 0.1) is 16.8 Å².